The molecule has 0 aliphatic carbocycles. The molecule has 0 radical (unpaired) electrons. The number of para-hydroxylation sites is 1. The molecule has 1 amide bonds. The van der Waals surface area contributed by atoms with Gasteiger partial charge >= 0.3 is 0 Å². The van der Waals surface area contributed by atoms with Gasteiger partial charge in [0.05, 0.1) is 11.1 Å². The molecule has 0 bridgehead atoms. The Balaban J connectivity index is 1.49. The van der Waals surface area contributed by atoms with Crippen molar-refractivity contribution in [3.63, 3.8) is 0 Å². The van der Waals surface area contributed by atoms with E-state index in [1.165, 1.54) is 18.5 Å². The largest absolute Gasteiger partial charge is 0.372 e. The molecule has 0 spiro atoms. The predicted molar refractivity (Wildman–Crippen MR) is 107 cm³/mol. The fraction of sp³-hybridized carbons (Fsp3) is 0.273. The lowest BCUT2D eigenvalue weighted by atomic mass is 9.99. The van der Waals surface area contributed by atoms with Gasteiger partial charge in [-0.3, -0.25) is 9.78 Å². The minimum atomic E-state index is -0.131. The van der Waals surface area contributed by atoms with Gasteiger partial charge in [-0.15, -0.1) is 0 Å². The van der Waals surface area contributed by atoms with Crippen molar-refractivity contribution >= 4 is 28.2 Å². The Bertz CT molecular complexity index is 907. The molecule has 132 valence electrons. The van der Waals surface area contributed by atoms with Gasteiger partial charge in [-0.25, -0.2) is 0 Å². The maximum absolute atomic E-state index is 12.7. The van der Waals surface area contributed by atoms with Crippen LogP contribution < -0.4 is 10.2 Å². The summed E-state index contributed by atoms with van der Waals surface area (Å²) in [6.45, 7) is 4.53. The van der Waals surface area contributed by atoms with E-state index in [2.05, 4.69) is 34.3 Å². The first-order valence-corrected chi connectivity index (χ1v) is 9.21. The Hall–Kier alpha value is -2.88. The van der Waals surface area contributed by atoms with Crippen LogP contribution in [0.15, 0.2) is 60.8 Å². The zero-order valence-corrected chi connectivity index (χ0v) is 15.0. The van der Waals surface area contributed by atoms with Crippen molar-refractivity contribution in [2.75, 3.05) is 23.3 Å². The lowest BCUT2D eigenvalue weighted by Gasteiger charge is -2.32. The summed E-state index contributed by atoms with van der Waals surface area (Å²) >= 11 is 0. The summed E-state index contributed by atoms with van der Waals surface area (Å²) in [5, 5.41) is 3.96. The monoisotopic (exact) mass is 345 g/mol. The summed E-state index contributed by atoms with van der Waals surface area (Å²) < 4.78 is 0. The lowest BCUT2D eigenvalue weighted by Crippen LogP contribution is -2.32. The van der Waals surface area contributed by atoms with Crippen molar-refractivity contribution in [2.24, 2.45) is 5.92 Å². The highest BCUT2D eigenvalue weighted by atomic mass is 16.1. The summed E-state index contributed by atoms with van der Waals surface area (Å²) in [5.41, 5.74) is 3.35. The lowest BCUT2D eigenvalue weighted by molar-refractivity contribution is 0.102. The molecule has 26 heavy (non-hydrogen) atoms. The second-order valence-corrected chi connectivity index (χ2v) is 7.05. The number of benzene rings is 2. The summed E-state index contributed by atoms with van der Waals surface area (Å²) in [6, 6.07) is 17.6. The average Bonchev–Trinajstić information content (AvgIpc) is 2.69. The van der Waals surface area contributed by atoms with Gasteiger partial charge in [-0.2, -0.15) is 0 Å². The number of nitrogens with one attached hydrogen (secondary N) is 1. The fourth-order valence-electron chi connectivity index (χ4n) is 3.51. The zero-order valence-electron chi connectivity index (χ0n) is 15.0. The van der Waals surface area contributed by atoms with Crippen LogP contribution in [-0.4, -0.2) is 24.0 Å². The van der Waals surface area contributed by atoms with Crippen LogP contribution in [0.5, 0.6) is 0 Å². The van der Waals surface area contributed by atoms with Crippen molar-refractivity contribution in [1.82, 2.24) is 4.98 Å². The number of aromatic nitrogens is 1. The van der Waals surface area contributed by atoms with Gasteiger partial charge in [-0.1, -0.05) is 25.1 Å². The van der Waals surface area contributed by atoms with Crippen LogP contribution >= 0.6 is 0 Å². The molecule has 1 saturated heterocycles. The van der Waals surface area contributed by atoms with Gasteiger partial charge in [-0.05, 0) is 55.2 Å². The van der Waals surface area contributed by atoms with E-state index < -0.39 is 0 Å². The SMILES string of the molecule is CC1CCN(c2ccc(NC(=O)c3cccc4cccnc34)cc2)CC1. The second kappa shape index (κ2) is 7.16. The summed E-state index contributed by atoms with van der Waals surface area (Å²) in [6.07, 6.45) is 4.20. The van der Waals surface area contributed by atoms with Crippen LogP contribution in [0.4, 0.5) is 11.4 Å². The fourth-order valence-corrected chi connectivity index (χ4v) is 3.51. The van der Waals surface area contributed by atoms with Crippen LogP contribution in [0.2, 0.25) is 0 Å². The number of carbonyl (C=O) groups is 1. The number of hydrogen-bond donors (Lipinski definition) is 1. The standard InChI is InChI=1S/C22H23N3O/c1-16-11-14-25(15-12-16)19-9-7-18(8-10-19)24-22(26)20-6-2-4-17-5-3-13-23-21(17)20/h2-10,13,16H,11-12,14-15H2,1H3,(H,24,26). The van der Waals surface area contributed by atoms with Crippen molar-refractivity contribution in [3.05, 3.63) is 66.4 Å². The van der Waals surface area contributed by atoms with Crippen LogP contribution in [0.1, 0.15) is 30.1 Å². The van der Waals surface area contributed by atoms with Gasteiger partial charge in [0, 0.05) is 36.0 Å². The number of nitrogens with zero attached hydrogens (tertiary/aromatic N) is 2. The van der Waals surface area contributed by atoms with Crippen LogP contribution in [-0.2, 0) is 0 Å². The summed E-state index contributed by atoms with van der Waals surface area (Å²) in [4.78, 5) is 19.5. The highest BCUT2D eigenvalue weighted by Gasteiger charge is 2.16. The van der Waals surface area contributed by atoms with Crippen LogP contribution in [0.25, 0.3) is 10.9 Å². The molecule has 4 rings (SSSR count). The molecule has 0 saturated carbocycles. The van der Waals surface area contributed by atoms with Gasteiger partial charge < -0.3 is 10.2 Å². The summed E-state index contributed by atoms with van der Waals surface area (Å²) in [7, 11) is 0. The number of amides is 1. The third-order valence-electron chi connectivity index (χ3n) is 5.15. The Kier molecular flexibility index (Phi) is 4.57. The Morgan fingerprint density at radius 3 is 2.54 bits per heavy atom. The molecule has 4 heteroatoms. The molecule has 0 atom stereocenters. The quantitative estimate of drug-likeness (QED) is 0.747. The minimum absolute atomic E-state index is 0.131. The molecule has 2 heterocycles. The average molecular weight is 345 g/mol. The topological polar surface area (TPSA) is 45.2 Å². The number of carbonyl (C=O) groups excluding carboxylic acids is 1. The van der Waals surface area contributed by atoms with E-state index in [4.69, 9.17) is 0 Å². The maximum atomic E-state index is 12.7. The van der Waals surface area contributed by atoms with E-state index in [0.717, 1.165) is 35.6 Å². The molecular formula is C22H23N3O. The van der Waals surface area contributed by atoms with E-state index in [1.807, 2.05) is 42.5 Å². The number of pyridine rings is 1. The van der Waals surface area contributed by atoms with Crippen LogP contribution in [0, 0.1) is 5.92 Å². The highest BCUT2D eigenvalue weighted by Crippen LogP contribution is 2.25. The first-order valence-electron chi connectivity index (χ1n) is 9.21. The maximum Gasteiger partial charge on any atom is 0.257 e. The molecule has 1 N–H and O–H groups in total. The Morgan fingerprint density at radius 1 is 1.04 bits per heavy atom. The van der Waals surface area contributed by atoms with E-state index in [9.17, 15) is 4.79 Å². The molecule has 4 nitrogen and oxygen atoms in total. The first kappa shape index (κ1) is 16.6. The normalized spacial score (nSPS) is 15.2. The zero-order chi connectivity index (χ0) is 17.9. The van der Waals surface area contributed by atoms with Crippen molar-refractivity contribution < 1.29 is 4.79 Å². The van der Waals surface area contributed by atoms with Crippen LogP contribution in [0.3, 0.4) is 0 Å². The number of piperidine rings is 1. The number of hydrogen-bond acceptors (Lipinski definition) is 3. The molecule has 2 aromatic carbocycles. The first-order chi connectivity index (χ1) is 12.7. The van der Waals surface area contributed by atoms with E-state index in [0.29, 0.717) is 5.56 Å². The summed E-state index contributed by atoms with van der Waals surface area (Å²) in [5.74, 6) is 0.688. The molecule has 1 aromatic heterocycles. The predicted octanol–water partition coefficient (Wildman–Crippen LogP) is 4.72. The number of fused-ring (bicyclic) bond motifs is 1. The van der Waals surface area contributed by atoms with E-state index in [-0.39, 0.29) is 5.91 Å². The third kappa shape index (κ3) is 3.40. The van der Waals surface area contributed by atoms with E-state index in [1.54, 1.807) is 6.20 Å². The molecule has 1 aliphatic heterocycles. The van der Waals surface area contributed by atoms with Crippen molar-refractivity contribution in [3.8, 4) is 0 Å². The molecule has 1 fully saturated rings. The molecular weight excluding hydrogens is 322 g/mol. The van der Waals surface area contributed by atoms with Gasteiger partial charge in [0.1, 0.15) is 0 Å². The Labute approximate surface area is 153 Å². The van der Waals surface area contributed by atoms with Gasteiger partial charge in [0.25, 0.3) is 5.91 Å². The number of anilines is 2. The number of rotatable bonds is 3. The van der Waals surface area contributed by atoms with Gasteiger partial charge in [0.15, 0.2) is 0 Å². The van der Waals surface area contributed by atoms with Gasteiger partial charge in [0.2, 0.25) is 0 Å². The Morgan fingerprint density at radius 2 is 1.77 bits per heavy atom. The van der Waals surface area contributed by atoms with Crippen molar-refractivity contribution in [1.29, 1.82) is 0 Å². The van der Waals surface area contributed by atoms with Crippen molar-refractivity contribution in [2.45, 2.75) is 19.8 Å². The highest BCUT2D eigenvalue weighted by molar-refractivity contribution is 6.11. The smallest absolute Gasteiger partial charge is 0.257 e. The molecule has 0 unspecified atom stereocenters. The van der Waals surface area contributed by atoms with E-state index >= 15 is 0 Å². The minimum Gasteiger partial charge on any atom is -0.372 e. The molecule has 1 aliphatic rings. The second-order valence-electron chi connectivity index (χ2n) is 7.05. The molecule has 3 aromatic rings. The third-order valence-corrected chi connectivity index (χ3v) is 5.15.